The molecular formula is C16H24N2O5. The van der Waals surface area contributed by atoms with E-state index in [2.05, 4.69) is 0 Å². The van der Waals surface area contributed by atoms with E-state index in [4.69, 9.17) is 9.47 Å². The van der Waals surface area contributed by atoms with Gasteiger partial charge in [-0.2, -0.15) is 0 Å². The third-order valence-corrected chi connectivity index (χ3v) is 3.95. The first-order valence-electron chi connectivity index (χ1n) is 7.29. The third-order valence-electron chi connectivity index (χ3n) is 3.95. The number of amides is 1. The van der Waals surface area contributed by atoms with Crippen LogP contribution in [0.15, 0.2) is 12.1 Å². The van der Waals surface area contributed by atoms with E-state index in [0.717, 1.165) is 5.56 Å². The molecule has 0 saturated carbocycles. The number of ether oxygens (including phenoxy) is 2. The van der Waals surface area contributed by atoms with Gasteiger partial charge in [-0.25, -0.2) is 0 Å². The maximum Gasteiger partial charge on any atom is 0.222 e. The van der Waals surface area contributed by atoms with Crippen molar-refractivity contribution in [2.24, 2.45) is 0 Å². The topological polar surface area (TPSA) is 81.9 Å². The molecule has 1 aromatic carbocycles. The number of nitro groups is 1. The summed E-state index contributed by atoms with van der Waals surface area (Å²) in [5.41, 5.74) is 1.47. The van der Waals surface area contributed by atoms with Gasteiger partial charge in [-0.05, 0) is 24.6 Å². The number of nitrogens with zero attached hydrogens (tertiary/aromatic N) is 2. The first-order valence-corrected chi connectivity index (χ1v) is 7.29. The van der Waals surface area contributed by atoms with Crippen LogP contribution in [0.2, 0.25) is 0 Å². The summed E-state index contributed by atoms with van der Waals surface area (Å²) in [6.45, 7) is 3.36. The van der Waals surface area contributed by atoms with E-state index in [1.807, 2.05) is 6.92 Å². The normalized spacial score (nSPS) is 13.1. The zero-order valence-corrected chi connectivity index (χ0v) is 14.5. The second kappa shape index (κ2) is 7.80. The molecule has 1 amide bonds. The third kappa shape index (κ3) is 4.34. The molecule has 2 unspecified atom stereocenters. The predicted molar refractivity (Wildman–Crippen MR) is 86.8 cm³/mol. The van der Waals surface area contributed by atoms with Crippen molar-refractivity contribution in [3.05, 3.63) is 33.4 Å². The molecule has 128 valence electrons. The number of benzene rings is 1. The van der Waals surface area contributed by atoms with Crippen molar-refractivity contribution >= 4 is 5.91 Å². The van der Waals surface area contributed by atoms with Crippen LogP contribution in [0.4, 0.5) is 0 Å². The Kier molecular flexibility index (Phi) is 6.36. The summed E-state index contributed by atoms with van der Waals surface area (Å²) >= 11 is 0. The largest absolute Gasteiger partial charge is 0.496 e. The van der Waals surface area contributed by atoms with E-state index in [1.54, 1.807) is 26.2 Å². The lowest BCUT2D eigenvalue weighted by Gasteiger charge is -2.23. The Morgan fingerprint density at radius 1 is 1.26 bits per heavy atom. The molecule has 0 fully saturated rings. The molecule has 0 aliphatic carbocycles. The number of carbonyl (C=O) groups excluding carboxylic acids is 1. The quantitative estimate of drug-likeness (QED) is 0.567. The lowest BCUT2D eigenvalue weighted by Crippen LogP contribution is -2.31. The van der Waals surface area contributed by atoms with Crippen molar-refractivity contribution in [2.45, 2.75) is 32.2 Å². The summed E-state index contributed by atoms with van der Waals surface area (Å²) in [4.78, 5) is 24.5. The molecule has 0 bridgehead atoms. The van der Waals surface area contributed by atoms with Gasteiger partial charge in [0.2, 0.25) is 11.9 Å². The smallest absolute Gasteiger partial charge is 0.222 e. The standard InChI is InChI=1S/C16H24N2O5/c1-10-7-15(23-6)13(8-14(10)22-5)12(11(2)18(20)21)9-16(19)17(3)4/h7-8,11-12H,9H2,1-6H3. The van der Waals surface area contributed by atoms with Crippen molar-refractivity contribution in [3.63, 3.8) is 0 Å². The van der Waals surface area contributed by atoms with E-state index < -0.39 is 12.0 Å². The van der Waals surface area contributed by atoms with Crippen molar-refractivity contribution in [2.75, 3.05) is 28.3 Å². The fourth-order valence-electron chi connectivity index (χ4n) is 2.42. The van der Waals surface area contributed by atoms with Crippen LogP contribution in [0, 0.1) is 17.0 Å². The number of hydrogen-bond acceptors (Lipinski definition) is 5. The van der Waals surface area contributed by atoms with Gasteiger partial charge in [-0.1, -0.05) is 0 Å². The summed E-state index contributed by atoms with van der Waals surface area (Å²) in [5.74, 6) is 0.349. The molecule has 2 atom stereocenters. The van der Waals surface area contributed by atoms with Crippen LogP contribution >= 0.6 is 0 Å². The molecule has 23 heavy (non-hydrogen) atoms. The number of carbonyl (C=O) groups is 1. The summed E-state index contributed by atoms with van der Waals surface area (Å²) in [5, 5.41) is 11.3. The fraction of sp³-hybridized carbons (Fsp3) is 0.562. The zero-order valence-electron chi connectivity index (χ0n) is 14.5. The van der Waals surface area contributed by atoms with Gasteiger partial charge < -0.3 is 14.4 Å². The average Bonchev–Trinajstić information content (AvgIpc) is 2.51. The van der Waals surface area contributed by atoms with Crippen LogP contribution in [0.25, 0.3) is 0 Å². The first kappa shape index (κ1) is 18.7. The molecule has 1 aromatic rings. The molecule has 0 heterocycles. The van der Waals surface area contributed by atoms with E-state index in [1.165, 1.54) is 26.0 Å². The van der Waals surface area contributed by atoms with Crippen LogP contribution in [-0.2, 0) is 4.79 Å². The maximum absolute atomic E-state index is 12.1. The van der Waals surface area contributed by atoms with Crippen LogP contribution < -0.4 is 9.47 Å². The first-order chi connectivity index (χ1) is 10.7. The van der Waals surface area contributed by atoms with E-state index in [0.29, 0.717) is 17.1 Å². The number of methoxy groups -OCH3 is 2. The Hall–Kier alpha value is -2.31. The summed E-state index contributed by atoms with van der Waals surface area (Å²) in [6, 6.07) is 2.57. The SMILES string of the molecule is COc1cc(C(CC(=O)N(C)C)C(C)[N+](=O)[O-])c(OC)cc1C. The highest BCUT2D eigenvalue weighted by Gasteiger charge is 2.33. The highest BCUT2D eigenvalue weighted by Crippen LogP contribution is 2.37. The van der Waals surface area contributed by atoms with Gasteiger partial charge in [0.05, 0.1) is 20.1 Å². The summed E-state index contributed by atoms with van der Waals surface area (Å²) in [7, 11) is 6.30. The minimum absolute atomic E-state index is 0.0255. The second-order valence-corrected chi connectivity index (χ2v) is 5.69. The Morgan fingerprint density at radius 3 is 2.26 bits per heavy atom. The molecule has 0 aromatic heterocycles. The van der Waals surface area contributed by atoms with Crippen LogP contribution in [0.3, 0.4) is 0 Å². The minimum atomic E-state index is -0.930. The molecular weight excluding hydrogens is 300 g/mol. The van der Waals surface area contributed by atoms with E-state index >= 15 is 0 Å². The van der Waals surface area contributed by atoms with Crippen molar-refractivity contribution in [1.82, 2.24) is 4.90 Å². The second-order valence-electron chi connectivity index (χ2n) is 5.69. The maximum atomic E-state index is 12.1. The van der Waals surface area contributed by atoms with E-state index in [9.17, 15) is 14.9 Å². The Labute approximate surface area is 136 Å². The van der Waals surface area contributed by atoms with Crippen molar-refractivity contribution in [1.29, 1.82) is 0 Å². The molecule has 0 aliphatic rings. The molecule has 7 heteroatoms. The van der Waals surface area contributed by atoms with Gasteiger partial charge in [0.1, 0.15) is 11.5 Å². The molecule has 0 aliphatic heterocycles. The van der Waals surface area contributed by atoms with Crippen LogP contribution in [-0.4, -0.2) is 50.1 Å². The van der Waals surface area contributed by atoms with Gasteiger partial charge in [-0.15, -0.1) is 0 Å². The van der Waals surface area contributed by atoms with Gasteiger partial charge in [0.15, 0.2) is 0 Å². The Bertz CT molecular complexity index is 586. The molecule has 0 spiro atoms. The van der Waals surface area contributed by atoms with Gasteiger partial charge in [0.25, 0.3) is 0 Å². The highest BCUT2D eigenvalue weighted by atomic mass is 16.6. The number of aryl methyl sites for hydroxylation is 1. The monoisotopic (exact) mass is 324 g/mol. The lowest BCUT2D eigenvalue weighted by atomic mass is 9.87. The summed E-state index contributed by atoms with van der Waals surface area (Å²) in [6.07, 6.45) is 0.0255. The molecule has 0 saturated heterocycles. The molecule has 7 nitrogen and oxygen atoms in total. The predicted octanol–water partition coefficient (Wildman–Crippen LogP) is 2.24. The van der Waals surface area contributed by atoms with Gasteiger partial charge in [-0.3, -0.25) is 14.9 Å². The molecule has 0 radical (unpaired) electrons. The van der Waals surface area contributed by atoms with Crippen molar-refractivity contribution in [3.8, 4) is 11.5 Å². The Balaban J connectivity index is 3.40. The average molecular weight is 324 g/mol. The summed E-state index contributed by atoms with van der Waals surface area (Å²) < 4.78 is 10.7. The van der Waals surface area contributed by atoms with E-state index in [-0.39, 0.29) is 17.3 Å². The highest BCUT2D eigenvalue weighted by molar-refractivity contribution is 5.77. The van der Waals surface area contributed by atoms with Gasteiger partial charge >= 0.3 is 0 Å². The van der Waals surface area contributed by atoms with Crippen molar-refractivity contribution < 1.29 is 19.2 Å². The lowest BCUT2D eigenvalue weighted by molar-refractivity contribution is -0.522. The number of hydrogen-bond donors (Lipinski definition) is 0. The Morgan fingerprint density at radius 2 is 1.83 bits per heavy atom. The van der Waals surface area contributed by atoms with Crippen LogP contribution in [0.1, 0.15) is 30.4 Å². The van der Waals surface area contributed by atoms with Crippen LogP contribution in [0.5, 0.6) is 11.5 Å². The fourth-order valence-corrected chi connectivity index (χ4v) is 2.42. The zero-order chi connectivity index (χ0) is 17.7. The minimum Gasteiger partial charge on any atom is -0.496 e. The molecule has 0 N–H and O–H groups in total. The van der Waals surface area contributed by atoms with Gasteiger partial charge in [0, 0.05) is 37.9 Å². The number of rotatable bonds is 7. The molecule has 1 rings (SSSR count).